The van der Waals surface area contributed by atoms with Gasteiger partial charge in [0, 0.05) is 0 Å². The Labute approximate surface area is 438 Å². The second-order valence-corrected chi connectivity index (χ2v) is 20.8. The first-order valence-electron chi connectivity index (χ1n) is 25.8. The van der Waals surface area contributed by atoms with E-state index in [0.717, 1.165) is 31.4 Å². The van der Waals surface area contributed by atoms with Crippen molar-refractivity contribution in [2.75, 3.05) is 33.0 Å². The molecule has 31 atom stereocenters. The predicted octanol–water partition coefficient (Wildman–Crippen LogP) is -10.5. The van der Waals surface area contributed by atoms with Crippen LogP contribution in [0.2, 0.25) is 0 Å². The molecule has 12 bridgehead atoms. The second kappa shape index (κ2) is 25.2. The molecule has 77 heavy (non-hydrogen) atoms. The van der Waals surface area contributed by atoms with E-state index in [1.807, 2.05) is 6.92 Å². The molecule has 0 radical (unpaired) electrons. The number of aryl methyl sites for hydroxylation is 1. The molecule has 0 aromatic carbocycles. The van der Waals surface area contributed by atoms with Crippen molar-refractivity contribution in [1.29, 1.82) is 0 Å². The van der Waals surface area contributed by atoms with E-state index in [9.17, 15) is 86.8 Å². The van der Waals surface area contributed by atoms with Gasteiger partial charge in [0.1, 0.15) is 146 Å². The van der Waals surface area contributed by atoms with Crippen LogP contribution in [0.4, 0.5) is 0 Å². The van der Waals surface area contributed by atoms with Crippen molar-refractivity contribution in [3.63, 3.8) is 0 Å². The second-order valence-electron chi connectivity index (χ2n) is 20.8. The molecule has 1 aromatic rings. The quantitative estimate of drug-likeness (QED) is 0.121. The zero-order chi connectivity index (χ0) is 55.3. The average molecular weight is 1120 g/mol. The standard InChI is InChI=1S/C45H73N3O29/c1-13-5-3-2-4-6-14-21(13)48(47-46-14)7-15-34-22(54)28(60)40(66-15)73-35-16(8-49)68-42(30(62)24(35)56)75-37-18(10-51)70-44(32(64)26(37)58)77-39-20(12-53)71-45(33(65)27(39)59)76-38-19(11-52)69-43(31(63)25(38)57)74-36-17(9-50)67-41(72-34)29(61)23(36)55/h13,15-20,22-45,49-65H,2-12H2,1H3. The lowest BCUT2D eigenvalue weighted by Crippen LogP contribution is -2.69. The molecule has 17 N–H and O–H groups in total. The lowest BCUT2D eigenvalue weighted by atomic mass is 9.92. The zero-order valence-electron chi connectivity index (χ0n) is 41.5. The first kappa shape index (κ1) is 59.6. The minimum Gasteiger partial charge on any atom is -0.394 e. The zero-order valence-corrected chi connectivity index (χ0v) is 41.5. The Morgan fingerprint density at radius 2 is 0.636 bits per heavy atom. The number of rotatable bonds is 7. The summed E-state index contributed by atoms with van der Waals surface area (Å²) >= 11 is 0. The maximum atomic E-state index is 12.0. The Morgan fingerprint density at radius 3 is 0.922 bits per heavy atom. The summed E-state index contributed by atoms with van der Waals surface area (Å²) in [5.41, 5.74) is 1.42. The summed E-state index contributed by atoms with van der Waals surface area (Å²) in [5.74, 6) is -0.0782. The van der Waals surface area contributed by atoms with E-state index in [0.29, 0.717) is 12.1 Å². The molecule has 31 unspecified atom stereocenters. The van der Waals surface area contributed by atoms with Crippen LogP contribution in [0.1, 0.15) is 49.9 Å². The number of ether oxygens (including phenoxy) is 12. The monoisotopic (exact) mass is 1120 g/mol. The SMILES string of the molecule is CC1CCCCCc2nnn(CC3OC4OC5C(CO)OC(OC6C(CO)OC(OC7C(CO)OC(OC8C(CO)OC(OC9C(CO)OC(OC3C(O)C4O)C(O)C9O)C(O)C8O)C(O)C7O)C(O)C6O)C(O)C5O)c21. The molecule has 23 aliphatic rings. The molecule has 22 saturated heterocycles. The van der Waals surface area contributed by atoms with Gasteiger partial charge in [-0.1, -0.05) is 25.0 Å². The first-order chi connectivity index (χ1) is 36.8. The van der Waals surface area contributed by atoms with Crippen LogP contribution in [-0.4, -0.2) is 319 Å². The molecule has 22 fully saturated rings. The summed E-state index contributed by atoms with van der Waals surface area (Å²) in [6.07, 6.45) is -54.0. The van der Waals surface area contributed by atoms with Crippen LogP contribution in [-0.2, 0) is 69.8 Å². The third-order valence-corrected chi connectivity index (χ3v) is 15.7. The summed E-state index contributed by atoms with van der Waals surface area (Å²) in [6, 6.07) is 0. The minimum atomic E-state index is -2.15. The van der Waals surface area contributed by atoms with Gasteiger partial charge in [0.05, 0.1) is 51.0 Å². The number of aliphatic hydroxyl groups excluding tert-OH is 17. The fourth-order valence-electron chi connectivity index (χ4n) is 11.4. The lowest BCUT2D eigenvalue weighted by Gasteiger charge is -2.50. The molecular weight excluding hydrogens is 1050 g/mol. The van der Waals surface area contributed by atoms with Crippen LogP contribution in [0.5, 0.6) is 0 Å². The van der Waals surface area contributed by atoms with Gasteiger partial charge in [0.25, 0.3) is 0 Å². The van der Waals surface area contributed by atoms with Crippen LogP contribution in [0.15, 0.2) is 0 Å². The highest BCUT2D eigenvalue weighted by Crippen LogP contribution is 2.39. The predicted molar refractivity (Wildman–Crippen MR) is 239 cm³/mol. The van der Waals surface area contributed by atoms with E-state index in [4.69, 9.17) is 56.8 Å². The third-order valence-electron chi connectivity index (χ3n) is 15.7. The van der Waals surface area contributed by atoms with Crippen LogP contribution >= 0.6 is 0 Å². The minimum absolute atomic E-state index is 0.0782. The van der Waals surface area contributed by atoms with Gasteiger partial charge in [-0.25, -0.2) is 4.68 Å². The fourth-order valence-corrected chi connectivity index (χ4v) is 11.4. The van der Waals surface area contributed by atoms with Crippen molar-refractivity contribution >= 4 is 0 Å². The van der Waals surface area contributed by atoms with Gasteiger partial charge >= 0.3 is 0 Å². The number of aliphatic hydroxyl groups is 17. The van der Waals surface area contributed by atoms with Crippen LogP contribution in [0.3, 0.4) is 0 Å². The van der Waals surface area contributed by atoms with E-state index in [1.165, 1.54) is 4.68 Å². The normalized spacial score (nSPS) is 51.3. The van der Waals surface area contributed by atoms with Crippen LogP contribution in [0.25, 0.3) is 0 Å². The average Bonchev–Trinajstić information content (AvgIpc) is 3.83. The molecule has 0 amide bonds. The summed E-state index contributed by atoms with van der Waals surface area (Å²) in [5, 5.41) is 199. The van der Waals surface area contributed by atoms with E-state index in [-0.39, 0.29) is 12.5 Å². The smallest absolute Gasteiger partial charge is 0.187 e. The van der Waals surface area contributed by atoms with Crippen molar-refractivity contribution < 1.29 is 144 Å². The Hall–Kier alpha value is -2.02. The molecule has 32 heteroatoms. The van der Waals surface area contributed by atoms with Crippen molar-refractivity contribution in [3.8, 4) is 0 Å². The summed E-state index contributed by atoms with van der Waals surface area (Å²) < 4.78 is 72.0. The molecule has 32 nitrogen and oxygen atoms in total. The number of hydrogen-bond acceptors (Lipinski definition) is 31. The van der Waals surface area contributed by atoms with Gasteiger partial charge < -0.3 is 144 Å². The van der Waals surface area contributed by atoms with Gasteiger partial charge in [-0.15, -0.1) is 5.10 Å². The van der Waals surface area contributed by atoms with Crippen LogP contribution in [0, 0.1) is 0 Å². The maximum absolute atomic E-state index is 12.0. The van der Waals surface area contributed by atoms with Crippen molar-refractivity contribution in [3.05, 3.63) is 11.4 Å². The summed E-state index contributed by atoms with van der Waals surface area (Å²) in [4.78, 5) is 0. The highest BCUT2D eigenvalue weighted by Gasteiger charge is 2.59. The molecule has 442 valence electrons. The molecule has 0 spiro atoms. The van der Waals surface area contributed by atoms with Crippen molar-refractivity contribution in [1.82, 2.24) is 15.0 Å². The van der Waals surface area contributed by atoms with E-state index in [2.05, 4.69) is 10.3 Å². The first-order valence-corrected chi connectivity index (χ1v) is 25.8. The summed E-state index contributed by atoms with van der Waals surface area (Å²) in [6.45, 7) is -3.27. The number of nitrogens with zero attached hydrogens (tertiary/aromatic N) is 3. The van der Waals surface area contributed by atoms with E-state index in [1.54, 1.807) is 0 Å². The Balaban J connectivity index is 1.05. The highest BCUT2D eigenvalue weighted by atomic mass is 16.8. The fraction of sp³-hybridized carbons (Fsp3) is 0.956. The summed E-state index contributed by atoms with van der Waals surface area (Å²) in [7, 11) is 0. The number of aromatic nitrogens is 3. The Bertz CT molecular complexity index is 2020. The molecule has 24 rings (SSSR count). The van der Waals surface area contributed by atoms with Gasteiger partial charge in [0.2, 0.25) is 0 Å². The molecule has 0 saturated carbocycles. The Kier molecular flexibility index (Phi) is 19.5. The lowest BCUT2D eigenvalue weighted by molar-refractivity contribution is -0.403. The van der Waals surface area contributed by atoms with E-state index >= 15 is 0 Å². The molecular formula is C45H73N3O29. The molecule has 1 aromatic heterocycles. The van der Waals surface area contributed by atoms with Gasteiger partial charge in [-0.3, -0.25) is 0 Å². The highest BCUT2D eigenvalue weighted by molar-refractivity contribution is 5.16. The van der Waals surface area contributed by atoms with Crippen LogP contribution < -0.4 is 0 Å². The largest absolute Gasteiger partial charge is 0.394 e. The van der Waals surface area contributed by atoms with Crippen molar-refractivity contribution in [2.45, 2.75) is 236 Å². The number of fused-ring (bicyclic) bond motifs is 1. The van der Waals surface area contributed by atoms with Gasteiger partial charge in [-0.2, -0.15) is 0 Å². The maximum Gasteiger partial charge on any atom is 0.187 e. The topological polar surface area (TPSA) is 485 Å². The van der Waals surface area contributed by atoms with Gasteiger partial charge in [-0.05, 0) is 25.2 Å². The van der Waals surface area contributed by atoms with Crippen molar-refractivity contribution in [2.24, 2.45) is 0 Å². The van der Waals surface area contributed by atoms with E-state index < -0.39 is 217 Å². The third kappa shape index (κ3) is 11.7. The Morgan fingerprint density at radius 1 is 0.364 bits per heavy atom. The molecule has 23 heterocycles. The molecule has 1 aliphatic carbocycles. The van der Waals surface area contributed by atoms with Gasteiger partial charge in [0.15, 0.2) is 37.7 Å². The molecule has 22 aliphatic heterocycles. The number of hydrogen-bond donors (Lipinski definition) is 17.